The van der Waals surface area contributed by atoms with E-state index in [2.05, 4.69) is 5.10 Å². The predicted octanol–water partition coefficient (Wildman–Crippen LogP) is 2.56. The molecule has 78 valence electrons. The highest BCUT2D eigenvalue weighted by Crippen LogP contribution is 2.19. The Morgan fingerprint density at radius 2 is 2.20 bits per heavy atom. The summed E-state index contributed by atoms with van der Waals surface area (Å²) in [5, 5.41) is 4.23. The average molecular weight is 226 g/mol. The minimum atomic E-state index is -0.471. The second-order valence-electron chi connectivity index (χ2n) is 3.21. The minimum Gasteiger partial charge on any atom is -0.396 e. The highest BCUT2D eigenvalue weighted by Gasteiger charge is 2.05. The van der Waals surface area contributed by atoms with Crippen LogP contribution in [0.3, 0.4) is 0 Å². The zero-order chi connectivity index (χ0) is 11.0. The monoisotopic (exact) mass is 225 g/mol. The number of nitrogens with two attached hydrogens (primary N) is 1. The van der Waals surface area contributed by atoms with Crippen LogP contribution < -0.4 is 5.73 Å². The molecule has 2 rings (SSSR count). The van der Waals surface area contributed by atoms with Crippen molar-refractivity contribution in [3.05, 3.63) is 40.9 Å². The first-order chi connectivity index (χ1) is 7.08. The van der Waals surface area contributed by atoms with E-state index in [0.29, 0.717) is 17.1 Å². The summed E-state index contributed by atoms with van der Waals surface area (Å²) in [6, 6.07) is 4.48. The molecule has 2 aromatic rings. The van der Waals surface area contributed by atoms with Crippen molar-refractivity contribution in [3.8, 4) is 5.69 Å². The van der Waals surface area contributed by atoms with Gasteiger partial charge in [-0.05, 0) is 19.1 Å². The van der Waals surface area contributed by atoms with Gasteiger partial charge in [0, 0.05) is 6.07 Å². The van der Waals surface area contributed by atoms with Crippen molar-refractivity contribution < 1.29 is 4.39 Å². The van der Waals surface area contributed by atoms with E-state index in [1.54, 1.807) is 19.2 Å². The SMILES string of the molecule is Cc1nn(-c2ccc(Cl)c(F)c2)cc1N. The first-order valence-corrected chi connectivity index (χ1v) is 4.73. The molecule has 0 radical (unpaired) electrons. The van der Waals surface area contributed by atoms with Gasteiger partial charge < -0.3 is 5.73 Å². The molecule has 0 spiro atoms. The molecule has 1 aromatic heterocycles. The van der Waals surface area contributed by atoms with Crippen LogP contribution in [0.25, 0.3) is 5.69 Å². The van der Waals surface area contributed by atoms with Gasteiger partial charge in [0.25, 0.3) is 0 Å². The van der Waals surface area contributed by atoms with Crippen LogP contribution >= 0.6 is 11.6 Å². The molecule has 1 aromatic carbocycles. The fourth-order valence-electron chi connectivity index (χ4n) is 1.23. The van der Waals surface area contributed by atoms with Crippen LogP contribution in [0.15, 0.2) is 24.4 Å². The van der Waals surface area contributed by atoms with E-state index in [9.17, 15) is 4.39 Å². The van der Waals surface area contributed by atoms with E-state index in [1.165, 1.54) is 16.8 Å². The van der Waals surface area contributed by atoms with Crippen molar-refractivity contribution in [3.63, 3.8) is 0 Å². The molecular formula is C10H9ClFN3. The van der Waals surface area contributed by atoms with E-state index in [-0.39, 0.29) is 5.02 Å². The lowest BCUT2D eigenvalue weighted by molar-refractivity contribution is 0.625. The molecule has 2 N–H and O–H groups in total. The molecule has 0 aliphatic rings. The van der Waals surface area contributed by atoms with Crippen LogP contribution in [0.4, 0.5) is 10.1 Å². The Balaban J connectivity index is 2.49. The Kier molecular flexibility index (Phi) is 2.36. The van der Waals surface area contributed by atoms with Crippen LogP contribution in [-0.2, 0) is 0 Å². The van der Waals surface area contributed by atoms with E-state index in [1.807, 2.05) is 0 Å². The Hall–Kier alpha value is -1.55. The summed E-state index contributed by atoms with van der Waals surface area (Å²) in [5.74, 6) is -0.471. The molecule has 0 amide bonds. The van der Waals surface area contributed by atoms with Gasteiger partial charge in [0.15, 0.2) is 0 Å². The van der Waals surface area contributed by atoms with E-state index in [4.69, 9.17) is 17.3 Å². The van der Waals surface area contributed by atoms with Gasteiger partial charge in [-0.2, -0.15) is 5.10 Å². The summed E-state index contributed by atoms with van der Waals surface area (Å²) in [7, 11) is 0. The predicted molar refractivity (Wildman–Crippen MR) is 57.7 cm³/mol. The van der Waals surface area contributed by atoms with Gasteiger partial charge in [-0.3, -0.25) is 0 Å². The van der Waals surface area contributed by atoms with Crippen molar-refractivity contribution >= 4 is 17.3 Å². The van der Waals surface area contributed by atoms with E-state index >= 15 is 0 Å². The molecule has 1 heterocycles. The number of nitrogen functional groups attached to an aromatic ring is 1. The Bertz CT molecular complexity index is 488. The Labute approximate surface area is 91.3 Å². The smallest absolute Gasteiger partial charge is 0.143 e. The number of benzene rings is 1. The number of anilines is 1. The average Bonchev–Trinajstić information content (AvgIpc) is 2.52. The fourth-order valence-corrected chi connectivity index (χ4v) is 1.35. The number of hydrogen-bond acceptors (Lipinski definition) is 2. The first kappa shape index (κ1) is 9.98. The number of rotatable bonds is 1. The van der Waals surface area contributed by atoms with Crippen LogP contribution in [0.2, 0.25) is 5.02 Å². The number of aryl methyl sites for hydroxylation is 1. The largest absolute Gasteiger partial charge is 0.396 e. The maximum atomic E-state index is 13.2. The second-order valence-corrected chi connectivity index (χ2v) is 3.62. The highest BCUT2D eigenvalue weighted by molar-refractivity contribution is 6.30. The van der Waals surface area contributed by atoms with Crippen LogP contribution in [0.1, 0.15) is 5.69 Å². The lowest BCUT2D eigenvalue weighted by Gasteiger charge is -2.01. The summed E-state index contributed by atoms with van der Waals surface area (Å²) in [5.41, 5.74) is 7.52. The van der Waals surface area contributed by atoms with Gasteiger partial charge in [0.1, 0.15) is 5.82 Å². The van der Waals surface area contributed by atoms with Crippen molar-refractivity contribution in [2.45, 2.75) is 6.92 Å². The van der Waals surface area contributed by atoms with Crippen molar-refractivity contribution in [2.24, 2.45) is 0 Å². The lowest BCUT2D eigenvalue weighted by atomic mass is 10.3. The maximum absolute atomic E-state index is 13.2. The third-order valence-electron chi connectivity index (χ3n) is 2.10. The third kappa shape index (κ3) is 1.80. The molecular weight excluding hydrogens is 217 g/mol. The van der Waals surface area contributed by atoms with Crippen molar-refractivity contribution in [1.82, 2.24) is 9.78 Å². The summed E-state index contributed by atoms with van der Waals surface area (Å²) in [6.45, 7) is 1.79. The molecule has 0 aliphatic carbocycles. The second kappa shape index (κ2) is 3.55. The maximum Gasteiger partial charge on any atom is 0.143 e. The summed E-state index contributed by atoms with van der Waals surface area (Å²) >= 11 is 5.58. The molecule has 0 fully saturated rings. The highest BCUT2D eigenvalue weighted by atomic mass is 35.5. The Morgan fingerprint density at radius 3 is 2.73 bits per heavy atom. The van der Waals surface area contributed by atoms with Gasteiger partial charge in [-0.15, -0.1) is 0 Å². The molecule has 0 unspecified atom stereocenters. The summed E-state index contributed by atoms with van der Waals surface area (Å²) in [6.07, 6.45) is 1.64. The quantitative estimate of drug-likeness (QED) is 0.811. The number of hydrogen-bond donors (Lipinski definition) is 1. The molecule has 0 bridgehead atoms. The van der Waals surface area contributed by atoms with Gasteiger partial charge in [0.05, 0.1) is 28.3 Å². The topological polar surface area (TPSA) is 43.8 Å². The van der Waals surface area contributed by atoms with Gasteiger partial charge in [0.2, 0.25) is 0 Å². The molecule has 15 heavy (non-hydrogen) atoms. The van der Waals surface area contributed by atoms with Gasteiger partial charge >= 0.3 is 0 Å². The molecule has 0 aliphatic heterocycles. The molecule has 5 heteroatoms. The van der Waals surface area contributed by atoms with Crippen molar-refractivity contribution in [2.75, 3.05) is 5.73 Å². The fraction of sp³-hybridized carbons (Fsp3) is 0.100. The van der Waals surface area contributed by atoms with E-state index in [0.717, 1.165) is 0 Å². The minimum absolute atomic E-state index is 0.0931. The van der Waals surface area contributed by atoms with Crippen LogP contribution in [-0.4, -0.2) is 9.78 Å². The van der Waals surface area contributed by atoms with Gasteiger partial charge in [-0.25, -0.2) is 9.07 Å². The Morgan fingerprint density at radius 1 is 1.47 bits per heavy atom. The normalized spacial score (nSPS) is 10.6. The van der Waals surface area contributed by atoms with E-state index < -0.39 is 5.82 Å². The summed E-state index contributed by atoms with van der Waals surface area (Å²) < 4.78 is 14.7. The standard InChI is InChI=1S/C10H9ClFN3/c1-6-10(13)5-15(14-6)7-2-3-8(11)9(12)4-7/h2-5H,13H2,1H3. The molecule has 0 saturated carbocycles. The molecule has 0 atom stereocenters. The third-order valence-corrected chi connectivity index (χ3v) is 2.41. The number of nitrogens with zero attached hydrogens (tertiary/aromatic N) is 2. The summed E-state index contributed by atoms with van der Waals surface area (Å²) in [4.78, 5) is 0. The lowest BCUT2D eigenvalue weighted by Crippen LogP contribution is -1.95. The number of halogens is 2. The number of aromatic nitrogens is 2. The van der Waals surface area contributed by atoms with Crippen LogP contribution in [0.5, 0.6) is 0 Å². The zero-order valence-corrected chi connectivity index (χ0v) is 8.79. The molecule has 3 nitrogen and oxygen atoms in total. The first-order valence-electron chi connectivity index (χ1n) is 4.35. The zero-order valence-electron chi connectivity index (χ0n) is 8.04. The van der Waals surface area contributed by atoms with Crippen molar-refractivity contribution in [1.29, 1.82) is 0 Å². The molecule has 0 saturated heterocycles. The van der Waals surface area contributed by atoms with Crippen LogP contribution in [0, 0.1) is 12.7 Å². The van der Waals surface area contributed by atoms with Gasteiger partial charge in [-0.1, -0.05) is 11.6 Å².